The Bertz CT molecular complexity index is 1500. The van der Waals surface area contributed by atoms with Crippen LogP contribution in [0, 0.1) is 24.4 Å². The SMILES string of the molecule is Cc1cccc(Cl)c1Nc1nc2cc(C(=O)Nc3cc(F)c(F)cc3F)c3c(c2[nH]1)CC(C)(C)O3. The molecule has 0 bridgehead atoms. The Kier molecular flexibility index (Phi) is 5.40. The molecule has 5 rings (SSSR count). The zero-order valence-electron chi connectivity index (χ0n) is 18.9. The molecule has 180 valence electrons. The molecular formula is C25H20ClF3N4O2. The number of anilines is 3. The standard InChI is InChI=1S/C25H20ClF3N4O2/c1-11-5-4-6-14(26)20(11)32-24-31-19-7-12(22-13(21(19)33-24)10-25(2,3)35-22)23(34)30-18-9-16(28)15(27)8-17(18)29/h4-9H,10H2,1-3H3,(H,30,34)(H2,31,32,33). The number of carbonyl (C=O) groups is 1. The second-order valence-electron chi connectivity index (χ2n) is 9.01. The molecule has 35 heavy (non-hydrogen) atoms. The molecule has 0 spiro atoms. The Labute approximate surface area is 203 Å². The third-order valence-corrected chi connectivity index (χ3v) is 6.10. The van der Waals surface area contributed by atoms with Gasteiger partial charge in [-0.15, -0.1) is 0 Å². The largest absolute Gasteiger partial charge is 0.486 e. The number of benzene rings is 3. The third-order valence-electron chi connectivity index (χ3n) is 5.78. The topological polar surface area (TPSA) is 79.0 Å². The number of amides is 1. The van der Waals surface area contributed by atoms with Crippen LogP contribution in [0.2, 0.25) is 5.02 Å². The molecule has 0 saturated carbocycles. The fourth-order valence-corrected chi connectivity index (χ4v) is 4.44. The Morgan fingerprint density at radius 3 is 2.63 bits per heavy atom. The first-order valence-electron chi connectivity index (χ1n) is 10.7. The molecule has 1 aromatic heterocycles. The van der Waals surface area contributed by atoms with Gasteiger partial charge in [-0.1, -0.05) is 23.7 Å². The number of para-hydroxylation sites is 1. The van der Waals surface area contributed by atoms with E-state index in [1.807, 2.05) is 32.9 Å². The molecule has 0 unspecified atom stereocenters. The Morgan fingerprint density at radius 2 is 1.89 bits per heavy atom. The van der Waals surface area contributed by atoms with E-state index in [0.717, 1.165) is 11.1 Å². The number of imidazole rings is 1. The van der Waals surface area contributed by atoms with Gasteiger partial charge in [-0.2, -0.15) is 0 Å². The van der Waals surface area contributed by atoms with Gasteiger partial charge in [0.15, 0.2) is 11.6 Å². The number of hydrogen-bond donors (Lipinski definition) is 3. The van der Waals surface area contributed by atoms with Crippen molar-refractivity contribution in [3.63, 3.8) is 0 Å². The predicted octanol–water partition coefficient (Wildman–Crippen LogP) is 6.65. The number of aromatic amines is 1. The van der Waals surface area contributed by atoms with E-state index < -0.39 is 34.6 Å². The normalized spacial score (nSPS) is 14.0. The number of ether oxygens (including phenoxy) is 1. The maximum Gasteiger partial charge on any atom is 0.259 e. The quantitative estimate of drug-likeness (QED) is 0.274. The summed E-state index contributed by atoms with van der Waals surface area (Å²) >= 11 is 6.33. The minimum absolute atomic E-state index is 0.0918. The van der Waals surface area contributed by atoms with Crippen LogP contribution in [0.15, 0.2) is 36.4 Å². The van der Waals surface area contributed by atoms with Gasteiger partial charge >= 0.3 is 0 Å². The molecule has 0 saturated heterocycles. The van der Waals surface area contributed by atoms with Crippen LogP contribution < -0.4 is 15.4 Å². The number of hydrogen-bond acceptors (Lipinski definition) is 4. The minimum Gasteiger partial charge on any atom is -0.486 e. The summed E-state index contributed by atoms with van der Waals surface area (Å²) in [4.78, 5) is 20.9. The minimum atomic E-state index is -1.35. The number of H-pyrrole nitrogens is 1. The fourth-order valence-electron chi connectivity index (χ4n) is 4.17. The number of carbonyl (C=O) groups excluding carboxylic acids is 1. The maximum atomic E-state index is 14.1. The van der Waals surface area contributed by atoms with E-state index in [1.165, 1.54) is 6.07 Å². The molecule has 4 aromatic rings. The molecular weight excluding hydrogens is 481 g/mol. The van der Waals surface area contributed by atoms with Crippen molar-refractivity contribution in [2.24, 2.45) is 0 Å². The van der Waals surface area contributed by atoms with Crippen molar-refractivity contribution in [2.45, 2.75) is 32.8 Å². The van der Waals surface area contributed by atoms with Crippen LogP contribution in [0.1, 0.15) is 35.3 Å². The summed E-state index contributed by atoms with van der Waals surface area (Å²) in [5.41, 5.74) is 2.46. The molecule has 10 heteroatoms. The zero-order valence-corrected chi connectivity index (χ0v) is 19.7. The average Bonchev–Trinajstić information content (AvgIpc) is 3.33. The van der Waals surface area contributed by atoms with Crippen molar-refractivity contribution in [1.29, 1.82) is 0 Å². The summed E-state index contributed by atoms with van der Waals surface area (Å²) < 4.78 is 47.1. The van der Waals surface area contributed by atoms with Gasteiger partial charge in [0, 0.05) is 24.1 Å². The highest BCUT2D eigenvalue weighted by atomic mass is 35.5. The Balaban J connectivity index is 1.57. The highest BCUT2D eigenvalue weighted by Crippen LogP contribution is 2.42. The predicted molar refractivity (Wildman–Crippen MR) is 128 cm³/mol. The van der Waals surface area contributed by atoms with Gasteiger partial charge in [-0.3, -0.25) is 4.79 Å². The Hall–Kier alpha value is -3.72. The van der Waals surface area contributed by atoms with Gasteiger partial charge in [0.05, 0.1) is 33.0 Å². The van der Waals surface area contributed by atoms with E-state index >= 15 is 0 Å². The van der Waals surface area contributed by atoms with Crippen molar-refractivity contribution in [1.82, 2.24) is 9.97 Å². The molecule has 1 aliphatic heterocycles. The summed E-state index contributed by atoms with van der Waals surface area (Å²) in [5.74, 6) is -3.75. The summed E-state index contributed by atoms with van der Waals surface area (Å²) in [6.07, 6.45) is 0.478. The summed E-state index contributed by atoms with van der Waals surface area (Å²) in [5, 5.41) is 6.01. The van der Waals surface area contributed by atoms with Gasteiger partial charge < -0.3 is 20.4 Å². The van der Waals surface area contributed by atoms with E-state index in [1.54, 1.807) is 6.07 Å². The molecule has 0 aliphatic carbocycles. The van der Waals surface area contributed by atoms with Crippen LogP contribution in [0.3, 0.4) is 0 Å². The summed E-state index contributed by atoms with van der Waals surface area (Å²) in [6, 6.07) is 7.98. The molecule has 3 N–H and O–H groups in total. The van der Waals surface area contributed by atoms with Crippen LogP contribution in [0.5, 0.6) is 5.75 Å². The molecule has 1 aliphatic rings. The number of nitrogens with one attached hydrogen (secondary N) is 3. The lowest BCUT2D eigenvalue weighted by atomic mass is 9.98. The van der Waals surface area contributed by atoms with Crippen molar-refractivity contribution >= 4 is 45.9 Å². The van der Waals surface area contributed by atoms with Gasteiger partial charge in [0.25, 0.3) is 5.91 Å². The van der Waals surface area contributed by atoms with Gasteiger partial charge in [-0.05, 0) is 38.5 Å². The highest BCUT2D eigenvalue weighted by molar-refractivity contribution is 6.33. The molecule has 0 radical (unpaired) electrons. The summed E-state index contributed by atoms with van der Waals surface area (Å²) in [7, 11) is 0. The van der Waals surface area contributed by atoms with Crippen LogP contribution >= 0.6 is 11.6 Å². The zero-order chi connectivity index (χ0) is 25.1. The third kappa shape index (κ3) is 4.16. The van der Waals surface area contributed by atoms with Gasteiger partial charge in [0.2, 0.25) is 5.95 Å². The lowest BCUT2D eigenvalue weighted by molar-refractivity contribution is 0.101. The first kappa shape index (κ1) is 23.0. The molecule has 2 heterocycles. The first-order chi connectivity index (χ1) is 16.5. The summed E-state index contributed by atoms with van der Waals surface area (Å²) in [6.45, 7) is 5.65. The smallest absolute Gasteiger partial charge is 0.259 e. The van der Waals surface area contributed by atoms with E-state index in [0.29, 0.717) is 52.0 Å². The molecule has 0 atom stereocenters. The number of nitrogens with zero attached hydrogens (tertiary/aromatic N) is 1. The second-order valence-corrected chi connectivity index (χ2v) is 9.41. The van der Waals surface area contributed by atoms with E-state index in [-0.39, 0.29) is 5.56 Å². The van der Waals surface area contributed by atoms with Crippen molar-refractivity contribution in [2.75, 3.05) is 10.6 Å². The first-order valence-corrected chi connectivity index (χ1v) is 11.1. The number of fused-ring (bicyclic) bond motifs is 3. The van der Waals surface area contributed by atoms with E-state index in [9.17, 15) is 18.0 Å². The maximum absolute atomic E-state index is 14.1. The average molecular weight is 501 g/mol. The van der Waals surface area contributed by atoms with Gasteiger partial charge in [-0.25, -0.2) is 18.2 Å². The number of rotatable bonds is 4. The van der Waals surface area contributed by atoms with E-state index in [2.05, 4.69) is 20.6 Å². The molecule has 0 fully saturated rings. The van der Waals surface area contributed by atoms with Crippen molar-refractivity contribution < 1.29 is 22.7 Å². The Morgan fingerprint density at radius 1 is 1.14 bits per heavy atom. The molecule has 1 amide bonds. The monoisotopic (exact) mass is 500 g/mol. The number of halogens is 4. The van der Waals surface area contributed by atoms with Gasteiger partial charge in [0.1, 0.15) is 17.2 Å². The van der Waals surface area contributed by atoms with Crippen LogP contribution in [0.25, 0.3) is 11.0 Å². The number of aromatic nitrogens is 2. The van der Waals surface area contributed by atoms with E-state index in [4.69, 9.17) is 16.3 Å². The highest BCUT2D eigenvalue weighted by Gasteiger charge is 2.36. The number of aryl methyl sites for hydroxylation is 1. The van der Waals surface area contributed by atoms with Crippen molar-refractivity contribution in [3.8, 4) is 5.75 Å². The van der Waals surface area contributed by atoms with Crippen LogP contribution in [-0.2, 0) is 6.42 Å². The van der Waals surface area contributed by atoms with Crippen LogP contribution in [-0.4, -0.2) is 21.5 Å². The van der Waals surface area contributed by atoms with Crippen molar-refractivity contribution in [3.05, 3.63) is 75.6 Å². The van der Waals surface area contributed by atoms with Crippen LogP contribution in [0.4, 0.5) is 30.5 Å². The molecule has 3 aromatic carbocycles. The fraction of sp³-hybridized carbons (Fsp3) is 0.200. The lowest BCUT2D eigenvalue weighted by Crippen LogP contribution is -2.25. The molecule has 6 nitrogen and oxygen atoms in total. The second kappa shape index (κ2) is 8.20. The lowest BCUT2D eigenvalue weighted by Gasteiger charge is -2.18.